The summed E-state index contributed by atoms with van der Waals surface area (Å²) in [5, 5.41) is 10.3. The third-order valence-electron chi connectivity index (χ3n) is 5.02. The van der Waals surface area contributed by atoms with Crippen molar-refractivity contribution in [2.24, 2.45) is 0 Å². The van der Waals surface area contributed by atoms with Gasteiger partial charge in [0.1, 0.15) is 12.3 Å². The second-order valence-corrected chi connectivity index (χ2v) is 6.93. The van der Waals surface area contributed by atoms with Gasteiger partial charge in [-0.3, -0.25) is 9.59 Å². The molecule has 6 nitrogen and oxygen atoms in total. The van der Waals surface area contributed by atoms with Gasteiger partial charge in [-0.2, -0.15) is 5.10 Å². The Morgan fingerprint density at radius 1 is 1.06 bits per heavy atom. The van der Waals surface area contributed by atoms with Gasteiger partial charge in [0.15, 0.2) is 0 Å². The van der Waals surface area contributed by atoms with E-state index < -0.39 is 0 Å². The summed E-state index contributed by atoms with van der Waals surface area (Å²) in [6.45, 7) is 2.52. The molecule has 1 aromatic heterocycles. The molecule has 1 heterocycles. The highest BCUT2D eigenvalue weighted by molar-refractivity contribution is 6.09. The van der Waals surface area contributed by atoms with Crippen molar-refractivity contribution in [2.75, 3.05) is 6.61 Å². The van der Waals surface area contributed by atoms with Crippen molar-refractivity contribution >= 4 is 27.5 Å². The third kappa shape index (κ3) is 3.86. The Labute approximate surface area is 179 Å². The molecule has 0 saturated heterocycles. The van der Waals surface area contributed by atoms with Gasteiger partial charge in [0, 0.05) is 5.39 Å². The van der Waals surface area contributed by atoms with E-state index in [0.29, 0.717) is 34.4 Å². The van der Waals surface area contributed by atoms with Crippen LogP contribution in [0.4, 0.5) is 0 Å². The molecule has 0 aliphatic heterocycles. The average Bonchev–Trinajstić information content (AvgIpc) is 2.80. The summed E-state index contributed by atoms with van der Waals surface area (Å²) >= 11 is 0. The Kier molecular flexibility index (Phi) is 5.67. The number of nitrogens with one attached hydrogen (secondary N) is 1. The highest BCUT2D eigenvalue weighted by Crippen LogP contribution is 2.28. The van der Waals surface area contributed by atoms with E-state index in [1.165, 1.54) is 4.68 Å². The molecule has 0 unspecified atom stereocenters. The molecule has 3 aromatic carbocycles. The molecular formula is C25H21N3O3. The minimum Gasteiger partial charge on any atom is -0.493 e. The molecule has 1 amide bonds. The zero-order chi connectivity index (χ0) is 21.8. The van der Waals surface area contributed by atoms with Crippen molar-refractivity contribution in [2.45, 2.75) is 20.0 Å². The third-order valence-corrected chi connectivity index (χ3v) is 5.02. The molecular weight excluding hydrogens is 390 g/mol. The Morgan fingerprint density at radius 3 is 2.52 bits per heavy atom. The lowest BCUT2D eigenvalue weighted by atomic mass is 10.0. The van der Waals surface area contributed by atoms with Crippen LogP contribution in [-0.2, 0) is 13.1 Å². The largest absolute Gasteiger partial charge is 0.493 e. The standard InChI is InChI=1S/C25H21N3O3/c1-3-15-28-25(30)20-12-8-7-11-19(20)21(27-28)16-26-24(29)23-18-10-6-5-9-17(18)13-14-22(23)31-4-2/h1,5-14H,4,15-16H2,2H3,(H,26,29). The fourth-order valence-corrected chi connectivity index (χ4v) is 3.64. The summed E-state index contributed by atoms with van der Waals surface area (Å²) in [5.41, 5.74) is 0.787. The van der Waals surface area contributed by atoms with Crippen LogP contribution in [0.15, 0.2) is 65.5 Å². The number of nitrogens with zero attached hydrogens (tertiary/aromatic N) is 2. The van der Waals surface area contributed by atoms with Crippen molar-refractivity contribution in [3.8, 4) is 18.1 Å². The van der Waals surface area contributed by atoms with Gasteiger partial charge < -0.3 is 10.1 Å². The fourth-order valence-electron chi connectivity index (χ4n) is 3.64. The summed E-state index contributed by atoms with van der Waals surface area (Å²) in [6.07, 6.45) is 5.39. The van der Waals surface area contributed by atoms with Crippen molar-refractivity contribution in [1.82, 2.24) is 15.1 Å². The van der Waals surface area contributed by atoms with Gasteiger partial charge in [0.25, 0.3) is 11.5 Å². The number of benzene rings is 3. The summed E-state index contributed by atoms with van der Waals surface area (Å²) in [5.74, 6) is 2.69. The second-order valence-electron chi connectivity index (χ2n) is 6.93. The van der Waals surface area contributed by atoms with Crippen LogP contribution < -0.4 is 15.6 Å². The first kappa shape index (κ1) is 20.2. The summed E-state index contributed by atoms with van der Waals surface area (Å²) in [7, 11) is 0. The second kappa shape index (κ2) is 8.72. The fraction of sp³-hybridized carbons (Fsp3) is 0.160. The van der Waals surface area contributed by atoms with E-state index in [-0.39, 0.29) is 24.6 Å². The number of carbonyl (C=O) groups excluding carboxylic acids is 1. The highest BCUT2D eigenvalue weighted by atomic mass is 16.5. The first-order chi connectivity index (χ1) is 15.1. The smallest absolute Gasteiger partial charge is 0.275 e. The number of amides is 1. The van der Waals surface area contributed by atoms with Crippen LogP contribution in [0.1, 0.15) is 23.0 Å². The van der Waals surface area contributed by atoms with E-state index in [4.69, 9.17) is 11.2 Å². The van der Waals surface area contributed by atoms with E-state index in [9.17, 15) is 9.59 Å². The Bertz CT molecular complexity index is 1380. The van der Waals surface area contributed by atoms with Crippen molar-refractivity contribution < 1.29 is 9.53 Å². The number of ether oxygens (including phenoxy) is 1. The zero-order valence-corrected chi connectivity index (χ0v) is 17.1. The summed E-state index contributed by atoms with van der Waals surface area (Å²) in [6, 6.07) is 18.6. The predicted molar refractivity (Wildman–Crippen MR) is 121 cm³/mol. The number of rotatable bonds is 6. The Hall–Kier alpha value is -4.11. The van der Waals surface area contributed by atoms with Crippen molar-refractivity contribution in [3.63, 3.8) is 0 Å². The number of hydrogen-bond acceptors (Lipinski definition) is 4. The van der Waals surface area contributed by atoms with E-state index in [0.717, 1.165) is 10.8 Å². The van der Waals surface area contributed by atoms with Crippen LogP contribution in [0.3, 0.4) is 0 Å². The molecule has 0 radical (unpaired) electrons. The maximum absolute atomic E-state index is 13.2. The van der Waals surface area contributed by atoms with Gasteiger partial charge in [-0.25, -0.2) is 4.68 Å². The van der Waals surface area contributed by atoms with Crippen molar-refractivity contribution in [1.29, 1.82) is 0 Å². The van der Waals surface area contributed by atoms with Gasteiger partial charge in [-0.05, 0) is 29.8 Å². The first-order valence-electron chi connectivity index (χ1n) is 9.99. The molecule has 1 N–H and O–H groups in total. The van der Waals surface area contributed by atoms with Crippen molar-refractivity contribution in [3.05, 3.63) is 82.3 Å². The molecule has 0 aliphatic rings. The van der Waals surface area contributed by atoms with Gasteiger partial charge in [-0.15, -0.1) is 6.42 Å². The minimum absolute atomic E-state index is 0.0580. The quantitative estimate of drug-likeness (QED) is 0.493. The minimum atomic E-state index is -0.277. The number of carbonyl (C=O) groups is 1. The topological polar surface area (TPSA) is 73.2 Å². The molecule has 0 aliphatic carbocycles. The molecule has 154 valence electrons. The predicted octanol–water partition coefficient (Wildman–Crippen LogP) is 3.51. The molecule has 6 heteroatoms. The maximum Gasteiger partial charge on any atom is 0.275 e. The Morgan fingerprint density at radius 2 is 1.77 bits per heavy atom. The number of fused-ring (bicyclic) bond motifs is 2. The SMILES string of the molecule is C#CCn1nc(CNC(=O)c2c(OCC)ccc3ccccc23)c2ccccc2c1=O. The van der Waals surface area contributed by atoms with Gasteiger partial charge in [0.05, 0.1) is 29.8 Å². The van der Waals surface area contributed by atoms with Crippen LogP contribution in [0.2, 0.25) is 0 Å². The van der Waals surface area contributed by atoms with E-state index in [1.54, 1.807) is 12.1 Å². The van der Waals surface area contributed by atoms with E-state index >= 15 is 0 Å². The van der Waals surface area contributed by atoms with Gasteiger partial charge in [-0.1, -0.05) is 54.5 Å². The first-order valence-corrected chi connectivity index (χ1v) is 9.99. The Balaban J connectivity index is 1.73. The average molecular weight is 411 g/mol. The zero-order valence-electron chi connectivity index (χ0n) is 17.1. The number of terminal acetylenes is 1. The van der Waals surface area contributed by atoms with Gasteiger partial charge >= 0.3 is 0 Å². The monoisotopic (exact) mass is 411 g/mol. The summed E-state index contributed by atoms with van der Waals surface area (Å²) < 4.78 is 6.95. The lowest BCUT2D eigenvalue weighted by molar-refractivity contribution is 0.0948. The number of aromatic nitrogens is 2. The summed E-state index contributed by atoms with van der Waals surface area (Å²) in [4.78, 5) is 25.8. The van der Waals surface area contributed by atoms with Gasteiger partial charge in [0.2, 0.25) is 0 Å². The van der Waals surface area contributed by atoms with Crippen LogP contribution in [0, 0.1) is 12.3 Å². The lowest BCUT2D eigenvalue weighted by Gasteiger charge is -2.14. The molecule has 0 saturated carbocycles. The molecule has 0 spiro atoms. The molecule has 4 rings (SSSR count). The maximum atomic E-state index is 13.2. The molecule has 0 bridgehead atoms. The number of hydrogen-bond donors (Lipinski definition) is 1. The van der Waals surface area contributed by atoms with E-state index in [1.807, 2.05) is 55.5 Å². The molecule has 0 fully saturated rings. The van der Waals surface area contributed by atoms with Crippen LogP contribution in [-0.4, -0.2) is 22.3 Å². The normalized spacial score (nSPS) is 10.7. The molecule has 4 aromatic rings. The highest BCUT2D eigenvalue weighted by Gasteiger charge is 2.18. The molecule has 31 heavy (non-hydrogen) atoms. The van der Waals surface area contributed by atoms with Crippen LogP contribution in [0.5, 0.6) is 5.75 Å². The van der Waals surface area contributed by atoms with E-state index in [2.05, 4.69) is 16.3 Å². The lowest BCUT2D eigenvalue weighted by Crippen LogP contribution is -2.28. The molecule has 0 atom stereocenters. The van der Waals surface area contributed by atoms with Crippen LogP contribution >= 0.6 is 0 Å². The van der Waals surface area contributed by atoms with Crippen LogP contribution in [0.25, 0.3) is 21.5 Å².